The van der Waals surface area contributed by atoms with Crippen molar-refractivity contribution in [2.45, 2.75) is 12.5 Å². The molecule has 2 aliphatic heterocycles. The van der Waals surface area contributed by atoms with E-state index in [2.05, 4.69) is 4.90 Å². The summed E-state index contributed by atoms with van der Waals surface area (Å²) < 4.78 is 5.37. The highest BCUT2D eigenvalue weighted by molar-refractivity contribution is 7.12. The minimum atomic E-state index is -1.03. The van der Waals surface area contributed by atoms with Crippen LogP contribution >= 0.6 is 22.9 Å². The average Bonchev–Trinajstić information content (AvgIpc) is 3.38. The molecule has 2 unspecified atom stereocenters. The number of hydrogen-bond acceptors (Lipinski definition) is 6. The van der Waals surface area contributed by atoms with Crippen LogP contribution in [0.4, 0.5) is 0 Å². The molecular formula is C22H23ClN2O4S. The lowest BCUT2D eigenvalue weighted by atomic mass is 9.88. The third kappa shape index (κ3) is 4.34. The number of ketones is 2. The standard InChI is InChI=1S/C22H23ClN2O4S/c23-16-6-4-15(5-7-16)19-18(20(26)17-3-1-14-30-17)21(27)22(28)25(19)9-2-8-24-10-12-29-13-11-24/h1,3-7,14,18-19H,2,8-13H2. The van der Waals surface area contributed by atoms with Gasteiger partial charge in [-0.1, -0.05) is 29.8 Å². The van der Waals surface area contributed by atoms with Crippen LogP contribution in [0.25, 0.3) is 0 Å². The molecule has 1 aromatic heterocycles. The summed E-state index contributed by atoms with van der Waals surface area (Å²) in [5, 5.41) is 2.36. The molecule has 2 atom stereocenters. The van der Waals surface area contributed by atoms with Crippen LogP contribution in [-0.2, 0) is 14.3 Å². The van der Waals surface area contributed by atoms with Gasteiger partial charge in [0.2, 0.25) is 5.78 Å². The Bertz CT molecular complexity index is 910. The Morgan fingerprint density at radius 2 is 1.83 bits per heavy atom. The number of benzene rings is 1. The Morgan fingerprint density at radius 1 is 1.10 bits per heavy atom. The number of rotatable bonds is 7. The molecule has 2 aliphatic rings. The molecule has 2 fully saturated rings. The first-order valence-electron chi connectivity index (χ1n) is 10.0. The van der Waals surface area contributed by atoms with E-state index in [-0.39, 0.29) is 5.78 Å². The van der Waals surface area contributed by atoms with Crippen LogP contribution in [0, 0.1) is 5.92 Å². The van der Waals surface area contributed by atoms with E-state index in [1.54, 1.807) is 46.7 Å². The number of Topliss-reactive ketones (excluding diaryl/α,β-unsaturated/α-hetero) is 2. The second-order valence-electron chi connectivity index (χ2n) is 7.49. The molecule has 158 valence electrons. The summed E-state index contributed by atoms with van der Waals surface area (Å²) in [5.74, 6) is -2.52. The molecule has 8 heteroatoms. The van der Waals surface area contributed by atoms with Crippen molar-refractivity contribution in [1.29, 1.82) is 0 Å². The van der Waals surface area contributed by atoms with Gasteiger partial charge in [-0.25, -0.2) is 0 Å². The molecule has 0 N–H and O–H groups in total. The van der Waals surface area contributed by atoms with E-state index in [1.165, 1.54) is 11.3 Å². The maximum absolute atomic E-state index is 13.1. The van der Waals surface area contributed by atoms with Crippen molar-refractivity contribution in [3.05, 3.63) is 57.2 Å². The summed E-state index contributed by atoms with van der Waals surface area (Å²) in [4.78, 5) is 43.3. The van der Waals surface area contributed by atoms with Gasteiger partial charge in [-0.2, -0.15) is 0 Å². The molecule has 0 saturated carbocycles. The lowest BCUT2D eigenvalue weighted by molar-refractivity contribution is -0.140. The van der Waals surface area contributed by atoms with Gasteiger partial charge in [0.15, 0.2) is 5.78 Å². The minimum absolute atomic E-state index is 0.293. The second kappa shape index (κ2) is 9.39. The molecule has 0 bridgehead atoms. The third-order valence-electron chi connectivity index (χ3n) is 5.64. The molecule has 6 nitrogen and oxygen atoms in total. The van der Waals surface area contributed by atoms with E-state index in [9.17, 15) is 14.4 Å². The van der Waals surface area contributed by atoms with Crippen molar-refractivity contribution in [1.82, 2.24) is 9.80 Å². The Labute approximate surface area is 184 Å². The summed E-state index contributed by atoms with van der Waals surface area (Å²) in [6.45, 7) is 4.40. The van der Waals surface area contributed by atoms with Crippen molar-refractivity contribution in [3.63, 3.8) is 0 Å². The van der Waals surface area contributed by atoms with Gasteiger partial charge in [0.05, 0.1) is 24.1 Å². The van der Waals surface area contributed by atoms with E-state index in [0.29, 0.717) is 29.7 Å². The maximum atomic E-state index is 13.1. The van der Waals surface area contributed by atoms with E-state index >= 15 is 0 Å². The molecule has 2 saturated heterocycles. The summed E-state index contributed by atoms with van der Waals surface area (Å²) in [5.41, 5.74) is 0.750. The number of ether oxygens (including phenoxy) is 1. The smallest absolute Gasteiger partial charge is 0.291 e. The zero-order chi connectivity index (χ0) is 21.1. The molecule has 0 spiro atoms. The lowest BCUT2D eigenvalue weighted by Crippen LogP contribution is -2.39. The van der Waals surface area contributed by atoms with Gasteiger partial charge < -0.3 is 9.64 Å². The quantitative estimate of drug-likeness (QED) is 0.371. The number of halogens is 1. The van der Waals surface area contributed by atoms with Crippen LogP contribution in [0.3, 0.4) is 0 Å². The molecule has 30 heavy (non-hydrogen) atoms. The maximum Gasteiger partial charge on any atom is 0.291 e. The average molecular weight is 447 g/mol. The van der Waals surface area contributed by atoms with E-state index < -0.39 is 23.7 Å². The van der Waals surface area contributed by atoms with Crippen LogP contribution < -0.4 is 0 Å². The first-order valence-corrected chi connectivity index (χ1v) is 11.3. The van der Waals surface area contributed by atoms with Crippen molar-refractivity contribution >= 4 is 40.4 Å². The summed E-state index contributed by atoms with van der Waals surface area (Å²) in [6.07, 6.45) is 0.725. The highest BCUT2D eigenvalue weighted by atomic mass is 35.5. The van der Waals surface area contributed by atoms with Crippen LogP contribution in [-0.4, -0.2) is 66.7 Å². The number of likely N-dealkylation sites (tertiary alicyclic amines) is 1. The van der Waals surface area contributed by atoms with Gasteiger partial charge in [0.25, 0.3) is 5.91 Å². The number of carbonyl (C=O) groups excluding carboxylic acids is 3. The van der Waals surface area contributed by atoms with Crippen LogP contribution in [0.5, 0.6) is 0 Å². The lowest BCUT2D eigenvalue weighted by Gasteiger charge is -2.30. The number of nitrogens with zero attached hydrogens (tertiary/aromatic N) is 2. The van der Waals surface area contributed by atoms with E-state index in [1.807, 2.05) is 0 Å². The SMILES string of the molecule is O=C1C(=O)N(CCCN2CCOCC2)C(c2ccc(Cl)cc2)C1C(=O)c1cccs1. The Morgan fingerprint density at radius 3 is 2.50 bits per heavy atom. The van der Waals surface area contributed by atoms with Crippen LogP contribution in [0.2, 0.25) is 5.02 Å². The Hall–Kier alpha value is -2.06. The van der Waals surface area contributed by atoms with Crippen molar-refractivity contribution in [3.8, 4) is 0 Å². The van der Waals surface area contributed by atoms with E-state index in [0.717, 1.165) is 31.6 Å². The molecule has 0 aliphatic carbocycles. The minimum Gasteiger partial charge on any atom is -0.379 e. The molecular weight excluding hydrogens is 424 g/mol. The Balaban J connectivity index is 1.58. The number of amides is 1. The van der Waals surface area contributed by atoms with Crippen molar-refractivity contribution in [2.75, 3.05) is 39.4 Å². The van der Waals surface area contributed by atoms with Crippen LogP contribution in [0.15, 0.2) is 41.8 Å². The first kappa shape index (κ1) is 21.2. The normalized spacial score (nSPS) is 22.6. The van der Waals surface area contributed by atoms with Gasteiger partial charge in [-0.3, -0.25) is 19.3 Å². The largest absolute Gasteiger partial charge is 0.379 e. The highest BCUT2D eigenvalue weighted by Gasteiger charge is 2.51. The highest BCUT2D eigenvalue weighted by Crippen LogP contribution is 2.39. The molecule has 1 amide bonds. The fourth-order valence-corrected chi connectivity index (χ4v) is 4.95. The third-order valence-corrected chi connectivity index (χ3v) is 6.78. The monoisotopic (exact) mass is 446 g/mol. The fourth-order valence-electron chi connectivity index (χ4n) is 4.12. The van der Waals surface area contributed by atoms with Gasteiger partial charge in [-0.05, 0) is 35.6 Å². The fraction of sp³-hybridized carbons (Fsp3) is 0.409. The first-order chi connectivity index (χ1) is 14.6. The number of morpholine rings is 1. The predicted octanol–water partition coefficient (Wildman–Crippen LogP) is 3.08. The molecule has 0 radical (unpaired) electrons. The molecule has 1 aromatic carbocycles. The van der Waals surface area contributed by atoms with Gasteiger partial charge in [0.1, 0.15) is 5.92 Å². The van der Waals surface area contributed by atoms with Gasteiger partial charge in [-0.15, -0.1) is 11.3 Å². The Kier molecular flexibility index (Phi) is 6.63. The van der Waals surface area contributed by atoms with Crippen molar-refractivity contribution < 1.29 is 19.1 Å². The zero-order valence-corrected chi connectivity index (χ0v) is 18.0. The second-order valence-corrected chi connectivity index (χ2v) is 8.87. The van der Waals surface area contributed by atoms with Gasteiger partial charge in [0, 0.05) is 31.2 Å². The summed E-state index contributed by atoms with van der Waals surface area (Å²) in [6, 6.07) is 9.90. The van der Waals surface area contributed by atoms with Crippen LogP contribution in [0.1, 0.15) is 27.7 Å². The summed E-state index contributed by atoms with van der Waals surface area (Å²) >= 11 is 7.32. The number of carbonyl (C=O) groups is 3. The number of thiophene rings is 1. The van der Waals surface area contributed by atoms with Crippen molar-refractivity contribution in [2.24, 2.45) is 5.92 Å². The molecule has 3 heterocycles. The van der Waals surface area contributed by atoms with Gasteiger partial charge >= 0.3 is 0 Å². The topological polar surface area (TPSA) is 66.9 Å². The number of hydrogen-bond donors (Lipinski definition) is 0. The molecule has 4 rings (SSSR count). The zero-order valence-electron chi connectivity index (χ0n) is 16.5. The van der Waals surface area contributed by atoms with E-state index in [4.69, 9.17) is 16.3 Å². The predicted molar refractivity (Wildman–Crippen MR) is 115 cm³/mol. The molecule has 2 aromatic rings. The summed E-state index contributed by atoms with van der Waals surface area (Å²) in [7, 11) is 0.